The molecule has 2 aliphatic carbocycles. The van der Waals surface area contributed by atoms with Crippen molar-refractivity contribution in [2.75, 3.05) is 4.90 Å². The highest BCUT2D eigenvalue weighted by Crippen LogP contribution is 2.55. The fraction of sp³-hybridized carbons (Fsp3) is 0.153. The van der Waals surface area contributed by atoms with Crippen LogP contribution in [0, 0.1) is 20.8 Å². The SMILES string of the molecule is Cc1cccc(C)c1-c1cc(-c2cc3ccccc3c3ccccc23)cc(C)c1N(c1ccc2c(c1)C(C)(C)c1ccccc1-2)c1ccc2c(c1)C(C)(C)c1ccccc1-2. The maximum absolute atomic E-state index is 2.58. The Hall–Kier alpha value is -6.70. The second kappa shape index (κ2) is 13.2. The van der Waals surface area contributed by atoms with Crippen molar-refractivity contribution in [2.45, 2.75) is 59.3 Å². The summed E-state index contributed by atoms with van der Waals surface area (Å²) in [6.45, 7) is 16.4. The van der Waals surface area contributed by atoms with Gasteiger partial charge < -0.3 is 4.90 Å². The van der Waals surface area contributed by atoms with Crippen molar-refractivity contribution in [1.82, 2.24) is 0 Å². The first-order chi connectivity index (χ1) is 29.0. The Kier molecular flexibility index (Phi) is 7.98. The highest BCUT2D eigenvalue weighted by Gasteiger charge is 2.38. The number of hydrogen-bond acceptors (Lipinski definition) is 1. The van der Waals surface area contributed by atoms with E-state index < -0.39 is 0 Å². The fourth-order valence-electron chi connectivity index (χ4n) is 11.0. The quantitative estimate of drug-likeness (QED) is 0.158. The third-order valence-electron chi connectivity index (χ3n) is 14.0. The second-order valence-corrected chi connectivity index (χ2v) is 18.3. The van der Waals surface area contributed by atoms with Crippen molar-refractivity contribution in [1.29, 1.82) is 0 Å². The van der Waals surface area contributed by atoms with E-state index in [2.05, 4.69) is 223 Å². The van der Waals surface area contributed by atoms with Crippen molar-refractivity contribution in [2.24, 2.45) is 0 Å². The molecule has 290 valence electrons. The monoisotopic (exact) mass is 771 g/mol. The Morgan fingerprint density at radius 1 is 0.350 bits per heavy atom. The van der Waals surface area contributed by atoms with Gasteiger partial charge in [0.05, 0.1) is 5.69 Å². The van der Waals surface area contributed by atoms with E-state index >= 15 is 0 Å². The minimum absolute atomic E-state index is 0.138. The molecule has 0 amide bonds. The smallest absolute Gasteiger partial charge is 0.0569 e. The van der Waals surface area contributed by atoms with Crippen LogP contribution < -0.4 is 4.90 Å². The molecule has 0 heterocycles. The lowest BCUT2D eigenvalue weighted by atomic mass is 9.82. The normalized spacial score (nSPS) is 14.2. The van der Waals surface area contributed by atoms with Crippen LogP contribution in [0.5, 0.6) is 0 Å². The first-order valence-electron chi connectivity index (χ1n) is 21.4. The third-order valence-corrected chi connectivity index (χ3v) is 14.0. The number of rotatable bonds is 5. The molecule has 0 fully saturated rings. The molecule has 60 heavy (non-hydrogen) atoms. The predicted molar refractivity (Wildman–Crippen MR) is 256 cm³/mol. The molecule has 0 saturated heterocycles. The minimum Gasteiger partial charge on any atom is -0.310 e. The zero-order valence-electron chi connectivity index (χ0n) is 35.6. The molecule has 1 heteroatoms. The van der Waals surface area contributed by atoms with E-state index in [1.54, 1.807) is 0 Å². The average Bonchev–Trinajstić information content (AvgIpc) is 3.63. The van der Waals surface area contributed by atoms with Gasteiger partial charge in [0.1, 0.15) is 0 Å². The molecular weight excluding hydrogens is 723 g/mol. The van der Waals surface area contributed by atoms with E-state index in [1.807, 2.05) is 0 Å². The molecule has 0 bridgehead atoms. The number of fused-ring (bicyclic) bond motifs is 9. The van der Waals surface area contributed by atoms with Gasteiger partial charge in [0.2, 0.25) is 0 Å². The number of aryl methyl sites for hydroxylation is 3. The van der Waals surface area contributed by atoms with Gasteiger partial charge in [-0.15, -0.1) is 0 Å². The van der Waals surface area contributed by atoms with Gasteiger partial charge in [-0.05, 0) is 163 Å². The lowest BCUT2D eigenvalue weighted by molar-refractivity contribution is 0.660. The van der Waals surface area contributed by atoms with E-state index in [9.17, 15) is 0 Å². The molecule has 0 aliphatic heterocycles. The summed E-state index contributed by atoms with van der Waals surface area (Å²) in [5, 5.41) is 5.10. The Morgan fingerprint density at radius 2 is 0.850 bits per heavy atom. The first-order valence-corrected chi connectivity index (χ1v) is 21.4. The summed E-state index contributed by atoms with van der Waals surface area (Å²) in [4.78, 5) is 2.58. The molecule has 9 aromatic carbocycles. The highest BCUT2D eigenvalue weighted by molar-refractivity contribution is 6.14. The molecule has 0 unspecified atom stereocenters. The summed E-state index contributed by atoms with van der Waals surface area (Å²) in [5.41, 5.74) is 22.9. The average molecular weight is 772 g/mol. The summed E-state index contributed by atoms with van der Waals surface area (Å²) in [6.07, 6.45) is 0. The van der Waals surface area contributed by atoms with Gasteiger partial charge in [0, 0.05) is 27.8 Å². The zero-order chi connectivity index (χ0) is 41.1. The van der Waals surface area contributed by atoms with Crippen molar-refractivity contribution >= 4 is 38.6 Å². The topological polar surface area (TPSA) is 3.24 Å². The zero-order valence-corrected chi connectivity index (χ0v) is 35.6. The maximum Gasteiger partial charge on any atom is 0.0569 e. The maximum atomic E-state index is 2.58. The van der Waals surface area contributed by atoms with Crippen LogP contribution in [0.25, 0.3) is 66.1 Å². The third kappa shape index (κ3) is 5.25. The van der Waals surface area contributed by atoms with E-state index in [0.717, 1.165) is 0 Å². The number of anilines is 3. The van der Waals surface area contributed by atoms with Crippen molar-refractivity contribution in [3.05, 3.63) is 209 Å². The molecule has 2 aliphatic rings. The van der Waals surface area contributed by atoms with Gasteiger partial charge in [-0.2, -0.15) is 0 Å². The van der Waals surface area contributed by atoms with Crippen LogP contribution in [0.3, 0.4) is 0 Å². The molecule has 0 aromatic heterocycles. The Labute approximate surface area is 354 Å². The van der Waals surface area contributed by atoms with Crippen molar-refractivity contribution in [3.63, 3.8) is 0 Å². The van der Waals surface area contributed by atoms with E-state index in [1.165, 1.54) is 122 Å². The van der Waals surface area contributed by atoms with Gasteiger partial charge in [-0.1, -0.05) is 155 Å². The van der Waals surface area contributed by atoms with Crippen LogP contribution in [0.4, 0.5) is 17.1 Å². The molecular formula is C59H49N. The van der Waals surface area contributed by atoms with Gasteiger partial charge in [0.15, 0.2) is 0 Å². The number of benzene rings is 9. The molecule has 11 rings (SSSR count). The van der Waals surface area contributed by atoms with E-state index in [0.29, 0.717) is 0 Å². The van der Waals surface area contributed by atoms with E-state index in [-0.39, 0.29) is 10.8 Å². The molecule has 0 atom stereocenters. The molecule has 1 nitrogen and oxygen atoms in total. The molecule has 0 radical (unpaired) electrons. The molecule has 0 saturated carbocycles. The Morgan fingerprint density at radius 3 is 1.45 bits per heavy atom. The number of nitrogens with zero attached hydrogens (tertiary/aromatic N) is 1. The van der Waals surface area contributed by atoms with Crippen molar-refractivity contribution in [3.8, 4) is 44.5 Å². The van der Waals surface area contributed by atoms with Crippen LogP contribution in [0.2, 0.25) is 0 Å². The van der Waals surface area contributed by atoms with Crippen LogP contribution in [-0.4, -0.2) is 0 Å². The van der Waals surface area contributed by atoms with Gasteiger partial charge in [-0.3, -0.25) is 0 Å². The Balaban J connectivity index is 1.22. The summed E-state index contributed by atoms with van der Waals surface area (Å²) >= 11 is 0. The van der Waals surface area contributed by atoms with Gasteiger partial charge in [-0.25, -0.2) is 0 Å². The van der Waals surface area contributed by atoms with Crippen LogP contribution >= 0.6 is 0 Å². The molecule has 0 N–H and O–H groups in total. The number of hydrogen-bond donors (Lipinski definition) is 0. The molecule has 0 spiro atoms. The first kappa shape index (κ1) is 36.4. The second-order valence-electron chi connectivity index (χ2n) is 18.3. The fourth-order valence-corrected chi connectivity index (χ4v) is 11.0. The van der Waals surface area contributed by atoms with Crippen LogP contribution in [0.15, 0.2) is 170 Å². The van der Waals surface area contributed by atoms with E-state index in [4.69, 9.17) is 0 Å². The predicted octanol–water partition coefficient (Wildman–Crippen LogP) is 16.3. The minimum atomic E-state index is -0.138. The standard InChI is InChI=1S/C59H49N/c1-36-17-16-18-37(2)56(36)51-33-40(50-32-39-19-8-9-20-43(39)44-21-10-11-22-45(44)50)31-38(3)57(51)60(41-27-29-48-46-23-12-14-25-52(46)58(4,5)54(48)34-41)42-28-30-49-47-24-13-15-26-53(47)59(6,7)55(49)35-42/h8-35H,1-7H3. The largest absolute Gasteiger partial charge is 0.310 e. The summed E-state index contributed by atoms with van der Waals surface area (Å²) in [6, 6.07) is 64.2. The summed E-state index contributed by atoms with van der Waals surface area (Å²) in [5.74, 6) is 0. The van der Waals surface area contributed by atoms with Crippen molar-refractivity contribution < 1.29 is 0 Å². The Bertz CT molecular complexity index is 3120. The van der Waals surface area contributed by atoms with Crippen LogP contribution in [-0.2, 0) is 10.8 Å². The molecule has 9 aromatic rings. The van der Waals surface area contributed by atoms with Gasteiger partial charge >= 0.3 is 0 Å². The van der Waals surface area contributed by atoms with Crippen LogP contribution in [0.1, 0.15) is 66.6 Å². The lowest BCUT2D eigenvalue weighted by Crippen LogP contribution is -2.19. The summed E-state index contributed by atoms with van der Waals surface area (Å²) in [7, 11) is 0. The summed E-state index contributed by atoms with van der Waals surface area (Å²) < 4.78 is 0. The highest BCUT2D eigenvalue weighted by atomic mass is 15.1. The lowest BCUT2D eigenvalue weighted by Gasteiger charge is -2.33. The van der Waals surface area contributed by atoms with Gasteiger partial charge in [0.25, 0.3) is 0 Å².